The predicted molar refractivity (Wildman–Crippen MR) is 180 cm³/mol. The molecule has 1 amide bonds. The number of hydrogen-bond acceptors (Lipinski definition) is 10. The summed E-state index contributed by atoms with van der Waals surface area (Å²) < 4.78 is 18.6. The van der Waals surface area contributed by atoms with Crippen LogP contribution in [0.15, 0.2) is 60.8 Å². The molecule has 0 saturated carbocycles. The van der Waals surface area contributed by atoms with Crippen molar-refractivity contribution in [2.75, 3.05) is 39.7 Å². The minimum absolute atomic E-state index is 0.00786. The highest BCUT2D eigenvalue weighted by Gasteiger charge is 2.37. The van der Waals surface area contributed by atoms with Crippen LogP contribution < -0.4 is 5.32 Å². The largest absolute Gasteiger partial charge is 0.468 e. The van der Waals surface area contributed by atoms with Crippen LogP contribution in [0.1, 0.15) is 38.6 Å². The maximum absolute atomic E-state index is 12.7. The molecule has 3 unspecified atom stereocenters. The molecule has 0 aliphatic carbocycles. The van der Waals surface area contributed by atoms with Crippen LogP contribution in [0.3, 0.4) is 0 Å². The Bertz CT molecular complexity index is 1690. The third kappa shape index (κ3) is 8.25. The molecule has 1 aliphatic rings. The molecule has 4 heterocycles. The molecule has 0 bridgehead atoms. The Morgan fingerprint density at radius 2 is 1.83 bits per heavy atom. The van der Waals surface area contributed by atoms with Gasteiger partial charge in [-0.25, -0.2) is 14.8 Å². The van der Waals surface area contributed by atoms with E-state index in [2.05, 4.69) is 26.9 Å². The van der Waals surface area contributed by atoms with Crippen molar-refractivity contribution >= 4 is 28.9 Å². The van der Waals surface area contributed by atoms with Gasteiger partial charge in [-0.15, -0.1) is 0 Å². The number of nitrogens with zero attached hydrogens (tertiary/aromatic N) is 6. The molecule has 1 aromatic carbocycles. The first-order valence-corrected chi connectivity index (χ1v) is 15.8. The standard InChI is InChI=1S/C35H45N7O5/c1-23-37-28-16-17-36-31(32(28)42(23)22-26(45-6)21-40(5)34(44)47-35(2,3)4)27-14-11-15-30(39-27)38-25-18-29(33(43)46-7)41(20-25)19-24-12-9-8-10-13-24/h8-17,25-26,29H,18-22H2,1-7H3,(H,38,39). The highest BCUT2D eigenvalue weighted by molar-refractivity contribution is 5.89. The maximum atomic E-state index is 12.7. The van der Waals surface area contributed by atoms with E-state index in [-0.39, 0.29) is 24.2 Å². The quantitative estimate of drug-likeness (QED) is 0.226. The van der Waals surface area contributed by atoms with Crippen molar-refractivity contribution < 1.29 is 23.8 Å². The van der Waals surface area contributed by atoms with Crippen LogP contribution in [-0.2, 0) is 32.1 Å². The average Bonchev–Trinajstić information content (AvgIpc) is 3.58. The zero-order chi connectivity index (χ0) is 33.7. The van der Waals surface area contributed by atoms with Gasteiger partial charge in [-0.2, -0.15) is 0 Å². The number of carbonyl (C=O) groups excluding carboxylic acids is 2. The molecule has 4 aromatic rings. The summed E-state index contributed by atoms with van der Waals surface area (Å²) in [5, 5.41) is 3.55. The van der Waals surface area contributed by atoms with E-state index in [1.165, 1.54) is 12.0 Å². The van der Waals surface area contributed by atoms with Gasteiger partial charge in [-0.1, -0.05) is 36.4 Å². The van der Waals surface area contributed by atoms with Crippen molar-refractivity contribution in [3.05, 3.63) is 72.2 Å². The molecule has 1 aliphatic heterocycles. The number of hydrogen-bond donors (Lipinski definition) is 1. The van der Waals surface area contributed by atoms with Crippen LogP contribution in [0.2, 0.25) is 0 Å². The molecule has 0 spiro atoms. The van der Waals surface area contributed by atoms with Crippen LogP contribution in [0.25, 0.3) is 22.4 Å². The Hall–Kier alpha value is -4.55. The highest BCUT2D eigenvalue weighted by Crippen LogP contribution is 2.29. The summed E-state index contributed by atoms with van der Waals surface area (Å²) in [5.74, 6) is 1.25. The predicted octanol–water partition coefficient (Wildman–Crippen LogP) is 4.91. The van der Waals surface area contributed by atoms with Crippen LogP contribution in [-0.4, -0.2) is 99.5 Å². The van der Waals surface area contributed by atoms with Crippen LogP contribution in [0, 0.1) is 6.92 Å². The number of aromatic nitrogens is 4. The average molecular weight is 644 g/mol. The number of rotatable bonds is 11. The van der Waals surface area contributed by atoms with E-state index in [0.29, 0.717) is 49.8 Å². The van der Waals surface area contributed by atoms with E-state index in [4.69, 9.17) is 29.2 Å². The van der Waals surface area contributed by atoms with Gasteiger partial charge in [0.2, 0.25) is 0 Å². The summed E-state index contributed by atoms with van der Waals surface area (Å²) in [6.07, 6.45) is 1.59. The molecule has 1 saturated heterocycles. The number of pyridine rings is 2. The minimum atomic E-state index is -0.593. The lowest BCUT2D eigenvalue weighted by Crippen LogP contribution is -2.40. The Morgan fingerprint density at radius 3 is 2.53 bits per heavy atom. The fraction of sp³-hybridized carbons (Fsp3) is 0.457. The summed E-state index contributed by atoms with van der Waals surface area (Å²) >= 11 is 0. The molecule has 5 rings (SSSR count). The van der Waals surface area contributed by atoms with E-state index in [1.807, 2.05) is 70.2 Å². The number of anilines is 1. The second-order valence-corrected chi connectivity index (χ2v) is 13.0. The number of imidazole rings is 1. The number of amides is 1. The second kappa shape index (κ2) is 14.5. The number of aryl methyl sites for hydroxylation is 1. The monoisotopic (exact) mass is 643 g/mol. The summed E-state index contributed by atoms with van der Waals surface area (Å²) in [6.45, 7) is 9.55. The Kier molecular flexibility index (Phi) is 10.4. The summed E-state index contributed by atoms with van der Waals surface area (Å²) in [5.41, 5.74) is 3.54. The normalized spacial score (nSPS) is 17.4. The fourth-order valence-electron chi connectivity index (χ4n) is 5.98. The van der Waals surface area contributed by atoms with Gasteiger partial charge >= 0.3 is 12.1 Å². The lowest BCUT2D eigenvalue weighted by atomic mass is 10.1. The number of likely N-dealkylation sites (N-methyl/N-ethyl adjacent to an activating group) is 1. The first-order valence-electron chi connectivity index (χ1n) is 15.8. The van der Waals surface area contributed by atoms with Crippen LogP contribution in [0.4, 0.5) is 10.6 Å². The van der Waals surface area contributed by atoms with E-state index in [1.54, 1.807) is 20.4 Å². The number of benzene rings is 1. The third-order valence-electron chi connectivity index (χ3n) is 8.20. The third-order valence-corrected chi connectivity index (χ3v) is 8.20. The van der Waals surface area contributed by atoms with Crippen molar-refractivity contribution in [2.45, 2.75) is 71.0 Å². The van der Waals surface area contributed by atoms with E-state index < -0.39 is 11.7 Å². The number of nitrogens with one attached hydrogen (secondary N) is 1. The number of likely N-dealkylation sites (tertiary alicyclic amines) is 1. The molecule has 1 fully saturated rings. The molecule has 0 radical (unpaired) electrons. The van der Waals surface area contributed by atoms with E-state index >= 15 is 0 Å². The lowest BCUT2D eigenvalue weighted by Gasteiger charge is -2.27. The van der Waals surface area contributed by atoms with Crippen molar-refractivity contribution in [3.63, 3.8) is 0 Å². The van der Waals surface area contributed by atoms with Gasteiger partial charge in [0.1, 0.15) is 29.0 Å². The molecule has 12 nitrogen and oxygen atoms in total. The smallest absolute Gasteiger partial charge is 0.410 e. The molecule has 47 heavy (non-hydrogen) atoms. The minimum Gasteiger partial charge on any atom is -0.468 e. The van der Waals surface area contributed by atoms with Crippen molar-refractivity contribution in [1.82, 2.24) is 29.3 Å². The highest BCUT2D eigenvalue weighted by atomic mass is 16.6. The summed E-state index contributed by atoms with van der Waals surface area (Å²) in [6, 6.07) is 17.4. The van der Waals surface area contributed by atoms with Crippen molar-refractivity contribution in [2.24, 2.45) is 0 Å². The van der Waals surface area contributed by atoms with Gasteiger partial charge in [-0.3, -0.25) is 14.7 Å². The Labute approximate surface area is 276 Å². The van der Waals surface area contributed by atoms with Crippen LogP contribution >= 0.6 is 0 Å². The first-order chi connectivity index (χ1) is 22.5. The number of methoxy groups -OCH3 is 2. The zero-order valence-electron chi connectivity index (χ0n) is 28.3. The molecule has 12 heteroatoms. The summed E-state index contributed by atoms with van der Waals surface area (Å²) in [4.78, 5) is 43.5. The lowest BCUT2D eigenvalue weighted by molar-refractivity contribution is -0.146. The van der Waals surface area contributed by atoms with Gasteiger partial charge in [0.25, 0.3) is 0 Å². The molecule has 250 valence electrons. The topological polar surface area (TPSA) is 124 Å². The number of fused-ring (bicyclic) bond motifs is 1. The molecular formula is C35H45N7O5. The van der Waals surface area contributed by atoms with Crippen molar-refractivity contribution in [3.8, 4) is 11.4 Å². The van der Waals surface area contributed by atoms with Gasteiger partial charge in [-0.05, 0) is 57.9 Å². The Balaban J connectivity index is 1.36. The number of ether oxygens (including phenoxy) is 3. The van der Waals surface area contributed by atoms with Gasteiger partial charge < -0.3 is 29.0 Å². The SMILES string of the molecule is COC(=O)C1CC(Nc2cccc(-c3nccc4nc(C)n(CC(CN(C)C(=O)OC(C)(C)C)OC)c34)n2)CN1Cc1ccccc1. The fourth-order valence-corrected chi connectivity index (χ4v) is 5.98. The van der Waals surface area contributed by atoms with Gasteiger partial charge in [0.15, 0.2) is 0 Å². The Morgan fingerprint density at radius 1 is 1.06 bits per heavy atom. The van der Waals surface area contributed by atoms with E-state index in [9.17, 15) is 9.59 Å². The molecule has 1 N–H and O–H groups in total. The van der Waals surface area contributed by atoms with Crippen molar-refractivity contribution in [1.29, 1.82) is 0 Å². The van der Waals surface area contributed by atoms with E-state index in [0.717, 1.165) is 22.4 Å². The molecule has 3 aromatic heterocycles. The number of carbonyl (C=O) groups is 2. The van der Waals surface area contributed by atoms with Crippen LogP contribution in [0.5, 0.6) is 0 Å². The maximum Gasteiger partial charge on any atom is 0.410 e. The number of esters is 1. The summed E-state index contributed by atoms with van der Waals surface area (Å²) in [7, 11) is 4.77. The second-order valence-electron chi connectivity index (χ2n) is 13.0. The first kappa shape index (κ1) is 33.8. The zero-order valence-corrected chi connectivity index (χ0v) is 28.3. The molecule has 3 atom stereocenters. The van der Waals surface area contributed by atoms with Gasteiger partial charge in [0, 0.05) is 39.5 Å². The van der Waals surface area contributed by atoms with Gasteiger partial charge in [0.05, 0.1) is 43.0 Å². The molecular weight excluding hydrogens is 598 g/mol.